The van der Waals surface area contributed by atoms with Gasteiger partial charge in [-0.2, -0.15) is 13.2 Å². The molecule has 0 aliphatic rings. The Bertz CT molecular complexity index is 811. The van der Waals surface area contributed by atoms with Crippen molar-refractivity contribution in [2.45, 2.75) is 38.9 Å². The molecule has 0 rings (SSSR count). The lowest BCUT2D eigenvalue weighted by molar-refractivity contribution is -0.171. The van der Waals surface area contributed by atoms with Gasteiger partial charge in [-0.1, -0.05) is 13.8 Å². The van der Waals surface area contributed by atoms with Crippen molar-refractivity contribution in [3.05, 3.63) is 0 Å². The van der Waals surface area contributed by atoms with E-state index in [1.807, 2.05) is 8.85 Å². The highest BCUT2D eigenvalue weighted by Crippen LogP contribution is 2.78. The average Bonchev–Trinajstić information content (AvgIpc) is 2.55. The summed E-state index contributed by atoms with van der Waals surface area (Å²) in [5.41, 5.74) is 3.74. The fourth-order valence-electron chi connectivity index (χ4n) is 2.96. The zero-order valence-electron chi connectivity index (χ0n) is 17.3. The molecule has 0 saturated carbocycles. The maximum Gasteiger partial charge on any atom is 0.472 e. The molecular formula is C13H30F3N7O5S2. The summed E-state index contributed by atoms with van der Waals surface area (Å²) in [5, 5.41) is 3.26. The van der Waals surface area contributed by atoms with Crippen LogP contribution in [0.25, 0.3) is 0 Å². The monoisotopic (exact) mass is 485 g/mol. The Morgan fingerprint density at radius 1 is 1.13 bits per heavy atom. The quantitative estimate of drug-likeness (QED) is 0.204. The van der Waals surface area contributed by atoms with E-state index < -0.39 is 47.8 Å². The van der Waals surface area contributed by atoms with E-state index in [0.29, 0.717) is 6.26 Å². The number of hydrogen-bond donors (Lipinski definition) is 7. The summed E-state index contributed by atoms with van der Waals surface area (Å²) in [5.74, 6) is -3.87. The average molecular weight is 486 g/mol. The molecular weight excluding hydrogens is 455 g/mol. The maximum atomic E-state index is 13.3. The molecule has 12 nitrogen and oxygen atoms in total. The lowest BCUT2D eigenvalue weighted by atomic mass is 10.5. The smallest absolute Gasteiger partial charge is 0.358 e. The van der Waals surface area contributed by atoms with Crippen LogP contribution in [0, 0.1) is 0 Å². The zero-order valence-corrected chi connectivity index (χ0v) is 18.9. The first-order valence-electron chi connectivity index (χ1n) is 8.62. The minimum atomic E-state index is -6.60. The second-order valence-corrected chi connectivity index (χ2v) is 13.5. The Balaban J connectivity index is 7.91. The van der Waals surface area contributed by atoms with Crippen LogP contribution in [-0.2, 0) is 19.6 Å². The van der Waals surface area contributed by atoms with Gasteiger partial charge in [0.05, 0.1) is 6.26 Å². The highest BCUT2D eigenvalue weighted by atomic mass is 32.4. The molecule has 3 amide bonds. The molecule has 30 heavy (non-hydrogen) atoms. The third-order valence-corrected chi connectivity index (χ3v) is 11.9. The van der Waals surface area contributed by atoms with Crippen LogP contribution < -0.4 is 34.7 Å². The molecule has 0 aliphatic carbocycles. The van der Waals surface area contributed by atoms with Crippen LogP contribution >= 0.6 is 9.04 Å². The van der Waals surface area contributed by atoms with Crippen molar-refractivity contribution in [2.24, 2.45) is 5.73 Å². The highest BCUT2D eigenvalue weighted by Gasteiger charge is 2.74. The van der Waals surface area contributed by atoms with Crippen molar-refractivity contribution in [1.29, 1.82) is 0 Å². The van der Waals surface area contributed by atoms with Crippen LogP contribution in [0.5, 0.6) is 0 Å². The summed E-state index contributed by atoms with van der Waals surface area (Å²) in [6.45, 7) is 3.47. The number of carbonyl (C=O) groups is 3. The number of sulfonamides is 1. The van der Waals surface area contributed by atoms with Gasteiger partial charge >= 0.3 is 17.3 Å². The Hall–Kier alpha value is -1.66. The number of nitrogens with two attached hydrogens (primary N) is 1. The summed E-state index contributed by atoms with van der Waals surface area (Å²) in [6.07, 6.45) is -4.90. The lowest BCUT2D eigenvalue weighted by Gasteiger charge is -2.78. The molecule has 0 aromatic heterocycles. The minimum absolute atomic E-state index is 0.0422. The largest absolute Gasteiger partial charge is 0.472 e. The van der Waals surface area contributed by atoms with Crippen molar-refractivity contribution in [1.82, 2.24) is 28.9 Å². The van der Waals surface area contributed by atoms with Gasteiger partial charge in [-0.15, -0.1) is 4.13 Å². The molecule has 0 saturated heterocycles. The van der Waals surface area contributed by atoms with Crippen LogP contribution in [0.1, 0.15) is 27.2 Å². The number of primary amides is 1. The van der Waals surface area contributed by atoms with Gasteiger partial charge < -0.3 is 5.73 Å². The number of amides is 3. The second-order valence-electron chi connectivity index (χ2n) is 6.49. The normalized spacial score (nSPS) is 16.1. The van der Waals surface area contributed by atoms with Crippen molar-refractivity contribution < 1.29 is 36.0 Å². The van der Waals surface area contributed by atoms with Gasteiger partial charge in [0.15, 0.2) is 0 Å². The summed E-state index contributed by atoms with van der Waals surface area (Å²) in [4.78, 5) is 37.5. The molecule has 0 fully saturated rings. The lowest BCUT2D eigenvalue weighted by Crippen LogP contribution is -2.88. The predicted molar refractivity (Wildman–Crippen MR) is 108 cm³/mol. The Kier molecular flexibility index (Phi) is 8.34. The first-order valence-corrected chi connectivity index (χ1v) is 13.0. The van der Waals surface area contributed by atoms with E-state index in [1.54, 1.807) is 6.92 Å². The number of alkyl halides is 3. The molecule has 8 N–H and O–H groups in total. The standard InChI is InChI=1S/C13H30F3N7O5S2/c1-6-8-20-30(11(17)26,21-9(3)24,23-29(5,27)28,12(18-4)19-7-2)22-10(25)13(14,15)16/h12,18-20,23H,6-8H2,1-5H3,(H2,17,26)(H,21,24)(H,22,25). The zero-order chi connectivity index (χ0) is 24.1. The van der Waals surface area contributed by atoms with Crippen LogP contribution in [0.15, 0.2) is 0 Å². The molecule has 0 aromatic carbocycles. The predicted octanol–water partition coefficient (Wildman–Crippen LogP) is -0.923. The number of hydrogen-bond acceptors (Lipinski definition) is 8. The Morgan fingerprint density at radius 3 is 1.97 bits per heavy atom. The summed E-state index contributed by atoms with van der Waals surface area (Å²) < 4.78 is 72.5. The topological polar surface area (TPSA) is 184 Å². The molecule has 0 bridgehead atoms. The maximum absolute atomic E-state index is 13.3. The van der Waals surface area contributed by atoms with E-state index in [1.165, 1.54) is 11.6 Å². The van der Waals surface area contributed by atoms with Crippen LogP contribution in [0.3, 0.4) is 0 Å². The summed E-state index contributed by atoms with van der Waals surface area (Å²) >= 11 is 0. The van der Waals surface area contributed by atoms with Gasteiger partial charge in [0.25, 0.3) is 0 Å². The van der Waals surface area contributed by atoms with Crippen LogP contribution in [0.4, 0.5) is 18.0 Å². The third-order valence-electron chi connectivity index (χ3n) is 3.87. The van der Waals surface area contributed by atoms with Crippen molar-refractivity contribution in [2.75, 3.05) is 26.4 Å². The SMILES string of the molecule is CCCNS(NC(C)=O)(NC(=O)C(F)(F)F)(NS(C)(=O)=O)(C(N)=O)C(NC)NCC. The number of halogens is 3. The van der Waals surface area contributed by atoms with E-state index in [0.717, 1.165) is 14.0 Å². The van der Waals surface area contributed by atoms with E-state index in [2.05, 4.69) is 15.4 Å². The molecule has 0 aromatic rings. The van der Waals surface area contributed by atoms with E-state index in [4.69, 9.17) is 5.73 Å². The van der Waals surface area contributed by atoms with Gasteiger partial charge in [-0.3, -0.25) is 34.5 Å². The molecule has 0 heterocycles. The first-order chi connectivity index (χ1) is 13.4. The molecule has 0 aliphatic heterocycles. The van der Waals surface area contributed by atoms with E-state index >= 15 is 0 Å². The first kappa shape index (κ1) is 28.3. The molecule has 1 atom stereocenters. The highest BCUT2D eigenvalue weighted by molar-refractivity contribution is 8.71. The van der Waals surface area contributed by atoms with Crippen molar-refractivity contribution >= 4 is 36.1 Å². The van der Waals surface area contributed by atoms with Crippen molar-refractivity contribution in [3.63, 3.8) is 0 Å². The summed E-state index contributed by atoms with van der Waals surface area (Å²) in [6, 6.07) is 0. The van der Waals surface area contributed by atoms with Crippen molar-refractivity contribution in [3.8, 4) is 0 Å². The summed E-state index contributed by atoms with van der Waals surface area (Å²) in [7, 11) is -10.1. The molecule has 0 radical (unpaired) electrons. The second kappa shape index (κ2) is 8.83. The molecule has 1 unspecified atom stereocenters. The van der Waals surface area contributed by atoms with Gasteiger partial charge in [-0.05, 0) is 20.0 Å². The molecule has 0 spiro atoms. The van der Waals surface area contributed by atoms with Gasteiger partial charge in [0.2, 0.25) is 15.9 Å². The Labute approximate surface area is 172 Å². The van der Waals surface area contributed by atoms with E-state index in [9.17, 15) is 36.0 Å². The van der Waals surface area contributed by atoms with Crippen LogP contribution in [0.2, 0.25) is 0 Å². The van der Waals surface area contributed by atoms with Crippen LogP contribution in [-0.4, -0.2) is 63.5 Å². The fourth-order valence-corrected chi connectivity index (χ4v) is 11.8. The number of rotatable bonds is 9. The molecule has 180 valence electrons. The van der Waals surface area contributed by atoms with Gasteiger partial charge in [0, 0.05) is 22.5 Å². The number of carbonyl (C=O) groups excluding carboxylic acids is 3. The molecule has 17 heteroatoms. The third kappa shape index (κ3) is 4.97. The number of nitrogens with one attached hydrogen (secondary N) is 6. The van der Waals surface area contributed by atoms with Gasteiger partial charge in [0.1, 0.15) is 5.50 Å². The minimum Gasteiger partial charge on any atom is -0.358 e. The van der Waals surface area contributed by atoms with Gasteiger partial charge in [-0.25, -0.2) is 13.1 Å². The fraction of sp³-hybridized carbons (Fsp3) is 0.769. The Morgan fingerprint density at radius 2 is 1.67 bits per heavy atom. The van der Waals surface area contributed by atoms with E-state index in [-0.39, 0.29) is 19.5 Å².